The zero-order chi connectivity index (χ0) is 19.1. The van der Waals surface area contributed by atoms with E-state index in [2.05, 4.69) is 41.3 Å². The molecule has 0 amide bonds. The molecule has 0 aliphatic carbocycles. The summed E-state index contributed by atoms with van der Waals surface area (Å²) in [6.07, 6.45) is 1.13. The monoisotopic (exact) mass is 395 g/mol. The van der Waals surface area contributed by atoms with E-state index in [0.29, 0.717) is 18.5 Å². The number of nitrogens with one attached hydrogen (secondary N) is 2. The topological polar surface area (TPSA) is 71.0 Å². The van der Waals surface area contributed by atoms with E-state index in [0.717, 1.165) is 75.7 Å². The molecule has 1 aromatic rings. The minimum Gasteiger partial charge on any atom is -0.381 e. The predicted octanol–water partition coefficient (Wildman–Crippen LogP) is 1.55. The molecule has 2 N–H and O–H groups in total. The molecule has 2 aliphatic rings. The molecule has 2 fully saturated rings. The molecule has 152 valence electrons. The summed E-state index contributed by atoms with van der Waals surface area (Å²) in [6, 6.07) is 0.449. The molecule has 2 atom stereocenters. The lowest BCUT2D eigenvalue weighted by Crippen LogP contribution is -2.53. The lowest BCUT2D eigenvalue weighted by molar-refractivity contribution is 0.00246. The van der Waals surface area contributed by atoms with E-state index in [-0.39, 0.29) is 0 Å². The van der Waals surface area contributed by atoms with Crippen LogP contribution in [0, 0.1) is 19.8 Å². The first-order chi connectivity index (χ1) is 13.2. The quantitative estimate of drug-likeness (QED) is 0.539. The number of hydrogen-bond acceptors (Lipinski definition) is 6. The van der Waals surface area contributed by atoms with Gasteiger partial charge in [0.1, 0.15) is 5.01 Å². The molecular weight excluding hydrogens is 362 g/mol. The molecule has 1 aromatic heterocycles. The maximum Gasteiger partial charge on any atom is 0.191 e. The Morgan fingerprint density at radius 1 is 1.26 bits per heavy atom. The highest BCUT2D eigenvalue weighted by atomic mass is 32.1. The number of aryl methyl sites for hydroxylation is 2. The summed E-state index contributed by atoms with van der Waals surface area (Å²) >= 11 is 1.73. The molecule has 8 heteroatoms. The van der Waals surface area contributed by atoms with Gasteiger partial charge in [0.05, 0.1) is 32.1 Å². The minimum absolute atomic E-state index is 0.449. The number of nitrogens with zero attached hydrogens (tertiary/aromatic N) is 3. The van der Waals surface area contributed by atoms with Gasteiger partial charge in [-0.1, -0.05) is 0 Å². The van der Waals surface area contributed by atoms with Crippen LogP contribution in [0.15, 0.2) is 4.99 Å². The summed E-state index contributed by atoms with van der Waals surface area (Å²) in [7, 11) is 0. The van der Waals surface area contributed by atoms with E-state index < -0.39 is 0 Å². The van der Waals surface area contributed by atoms with Gasteiger partial charge in [-0.05, 0) is 27.2 Å². The smallest absolute Gasteiger partial charge is 0.191 e. The van der Waals surface area contributed by atoms with Crippen molar-refractivity contribution in [2.75, 3.05) is 52.6 Å². The fourth-order valence-corrected chi connectivity index (χ4v) is 4.51. The third-order valence-corrected chi connectivity index (χ3v) is 6.35. The number of hydrogen-bond donors (Lipinski definition) is 2. The van der Waals surface area contributed by atoms with Crippen LogP contribution in [0.25, 0.3) is 0 Å². The highest BCUT2D eigenvalue weighted by molar-refractivity contribution is 7.11. The van der Waals surface area contributed by atoms with Gasteiger partial charge in [-0.2, -0.15) is 0 Å². The minimum atomic E-state index is 0.449. The average molecular weight is 396 g/mol. The Kier molecular flexibility index (Phi) is 7.87. The standard InChI is InChI=1S/C19H33N5O2S/c1-4-20-19(22-12-18-23-14(2)15(3)27-18)21-11-17(16-5-8-26-13-16)24-6-9-25-10-7-24/h16-17H,4-13H2,1-3H3,(H2,20,21,22). The van der Waals surface area contributed by atoms with E-state index in [1.807, 2.05) is 0 Å². The lowest BCUT2D eigenvalue weighted by Gasteiger charge is -2.37. The van der Waals surface area contributed by atoms with E-state index in [1.165, 1.54) is 4.88 Å². The molecule has 0 aromatic carbocycles. The summed E-state index contributed by atoms with van der Waals surface area (Å²) in [5.41, 5.74) is 1.11. The van der Waals surface area contributed by atoms with Crippen LogP contribution in [0.2, 0.25) is 0 Å². The molecule has 3 rings (SSSR count). The second-order valence-electron chi connectivity index (χ2n) is 7.16. The van der Waals surface area contributed by atoms with E-state index in [9.17, 15) is 0 Å². The maximum atomic E-state index is 5.66. The van der Waals surface area contributed by atoms with Gasteiger partial charge in [0.25, 0.3) is 0 Å². The Labute approximate surface area is 166 Å². The number of rotatable bonds is 7. The SMILES string of the molecule is CCNC(=NCc1nc(C)c(C)s1)NCC(C1CCOC1)N1CCOCC1. The Morgan fingerprint density at radius 2 is 2.07 bits per heavy atom. The van der Waals surface area contributed by atoms with Crippen LogP contribution in [0.5, 0.6) is 0 Å². The van der Waals surface area contributed by atoms with Crippen molar-refractivity contribution >= 4 is 17.3 Å². The zero-order valence-electron chi connectivity index (χ0n) is 16.8. The number of aliphatic imine (C=N–C) groups is 1. The van der Waals surface area contributed by atoms with Gasteiger partial charge >= 0.3 is 0 Å². The molecule has 0 spiro atoms. The van der Waals surface area contributed by atoms with Crippen molar-refractivity contribution in [3.05, 3.63) is 15.6 Å². The van der Waals surface area contributed by atoms with Crippen molar-refractivity contribution in [1.82, 2.24) is 20.5 Å². The lowest BCUT2D eigenvalue weighted by atomic mass is 9.97. The van der Waals surface area contributed by atoms with Gasteiger partial charge in [-0.15, -0.1) is 11.3 Å². The zero-order valence-corrected chi connectivity index (χ0v) is 17.6. The number of ether oxygens (including phenoxy) is 2. The van der Waals surface area contributed by atoms with Gasteiger partial charge in [0, 0.05) is 49.6 Å². The van der Waals surface area contributed by atoms with Crippen LogP contribution in [-0.4, -0.2) is 74.5 Å². The van der Waals surface area contributed by atoms with Crippen molar-refractivity contribution in [1.29, 1.82) is 0 Å². The fourth-order valence-electron chi connectivity index (χ4n) is 3.66. The van der Waals surface area contributed by atoms with Gasteiger partial charge in [-0.25, -0.2) is 9.98 Å². The summed E-state index contributed by atoms with van der Waals surface area (Å²) in [5.74, 6) is 1.43. The van der Waals surface area contributed by atoms with Gasteiger partial charge in [-0.3, -0.25) is 4.90 Å². The van der Waals surface area contributed by atoms with E-state index in [4.69, 9.17) is 14.5 Å². The molecule has 2 saturated heterocycles. The van der Waals surface area contributed by atoms with Crippen molar-refractivity contribution < 1.29 is 9.47 Å². The Morgan fingerprint density at radius 3 is 2.70 bits per heavy atom. The highest BCUT2D eigenvalue weighted by Gasteiger charge is 2.31. The Hall–Kier alpha value is -1.22. The first-order valence-corrected chi connectivity index (χ1v) is 10.8. The van der Waals surface area contributed by atoms with Crippen LogP contribution in [-0.2, 0) is 16.0 Å². The van der Waals surface area contributed by atoms with Gasteiger partial charge in [0.2, 0.25) is 0 Å². The molecule has 2 unspecified atom stereocenters. The average Bonchev–Trinajstić information content (AvgIpc) is 3.31. The van der Waals surface area contributed by atoms with Gasteiger partial charge in [0.15, 0.2) is 5.96 Å². The summed E-state index contributed by atoms with van der Waals surface area (Å²) < 4.78 is 11.2. The maximum absolute atomic E-state index is 5.66. The predicted molar refractivity (Wildman–Crippen MR) is 110 cm³/mol. The summed E-state index contributed by atoms with van der Waals surface area (Å²) in [4.78, 5) is 13.2. The Bertz CT molecular complexity index is 590. The third-order valence-electron chi connectivity index (χ3n) is 5.29. The van der Waals surface area contributed by atoms with Crippen molar-refractivity contribution in [3.63, 3.8) is 0 Å². The van der Waals surface area contributed by atoms with Crippen molar-refractivity contribution in [2.45, 2.75) is 39.8 Å². The molecular formula is C19H33N5O2S. The first kappa shape index (κ1) is 20.5. The van der Waals surface area contributed by atoms with E-state index in [1.54, 1.807) is 11.3 Å². The molecule has 2 aliphatic heterocycles. The fraction of sp³-hybridized carbons (Fsp3) is 0.789. The number of morpholine rings is 1. The van der Waals surface area contributed by atoms with Crippen molar-refractivity contribution in [2.24, 2.45) is 10.9 Å². The van der Waals surface area contributed by atoms with Crippen LogP contribution < -0.4 is 10.6 Å². The first-order valence-electron chi connectivity index (χ1n) is 10.0. The van der Waals surface area contributed by atoms with Crippen LogP contribution in [0.3, 0.4) is 0 Å². The second kappa shape index (κ2) is 10.4. The van der Waals surface area contributed by atoms with Crippen LogP contribution in [0.4, 0.5) is 0 Å². The molecule has 3 heterocycles. The third kappa shape index (κ3) is 5.88. The van der Waals surface area contributed by atoms with Crippen LogP contribution >= 0.6 is 11.3 Å². The largest absolute Gasteiger partial charge is 0.381 e. The summed E-state index contributed by atoms with van der Waals surface area (Å²) in [6.45, 7) is 14.0. The number of guanidine groups is 1. The molecule has 27 heavy (non-hydrogen) atoms. The molecule has 0 saturated carbocycles. The van der Waals surface area contributed by atoms with Crippen molar-refractivity contribution in [3.8, 4) is 0 Å². The van der Waals surface area contributed by atoms with Crippen LogP contribution in [0.1, 0.15) is 28.9 Å². The number of aromatic nitrogens is 1. The Balaban J connectivity index is 1.61. The summed E-state index contributed by atoms with van der Waals surface area (Å²) in [5, 5.41) is 7.99. The van der Waals surface area contributed by atoms with E-state index >= 15 is 0 Å². The number of thiazole rings is 1. The highest BCUT2D eigenvalue weighted by Crippen LogP contribution is 2.22. The van der Waals surface area contributed by atoms with Gasteiger partial charge < -0.3 is 20.1 Å². The molecule has 7 nitrogen and oxygen atoms in total. The normalized spacial score (nSPS) is 22.8. The molecule has 0 bridgehead atoms. The molecule has 0 radical (unpaired) electrons. The second-order valence-corrected chi connectivity index (χ2v) is 8.45.